The lowest BCUT2D eigenvalue weighted by atomic mass is 10.1. The summed E-state index contributed by atoms with van der Waals surface area (Å²) in [5.41, 5.74) is 1.73. The number of carbonyl (C=O) groups is 1. The van der Waals surface area contributed by atoms with E-state index in [1.807, 2.05) is 0 Å². The van der Waals surface area contributed by atoms with Crippen LogP contribution in [0.1, 0.15) is 17.3 Å². The van der Waals surface area contributed by atoms with E-state index >= 15 is 0 Å². The number of carbonyl (C=O) groups excluding carboxylic acids is 1. The van der Waals surface area contributed by atoms with Gasteiger partial charge in [0, 0.05) is 0 Å². The molecular weight excluding hydrogens is 186 g/mol. The maximum absolute atomic E-state index is 11.2. The minimum Gasteiger partial charge on any atom is -0.431 e. The van der Waals surface area contributed by atoms with Gasteiger partial charge in [0.2, 0.25) is 0 Å². The molecule has 0 amide bonds. The van der Waals surface area contributed by atoms with Gasteiger partial charge in [-0.25, -0.2) is 4.98 Å². The van der Waals surface area contributed by atoms with Gasteiger partial charge in [-0.1, -0.05) is 18.7 Å². The van der Waals surface area contributed by atoms with Gasteiger partial charge in [0.25, 0.3) is 5.22 Å². The van der Waals surface area contributed by atoms with Crippen molar-refractivity contribution in [2.45, 2.75) is 12.1 Å². The van der Waals surface area contributed by atoms with Crippen LogP contribution in [-0.2, 0) is 0 Å². The lowest BCUT2D eigenvalue weighted by molar-refractivity contribution is 0.101. The number of nitrogens with zero attached hydrogens (tertiary/aromatic N) is 1. The smallest absolute Gasteiger partial charge is 0.253 e. The number of hydrogen-bond acceptors (Lipinski definition) is 4. The lowest BCUT2D eigenvalue weighted by Gasteiger charge is -1.93. The third kappa shape index (κ3) is 1.33. The first-order valence-corrected chi connectivity index (χ1v) is 4.22. The highest BCUT2D eigenvalue weighted by Crippen LogP contribution is 2.21. The maximum Gasteiger partial charge on any atom is 0.253 e. The Morgan fingerprint density at radius 1 is 1.54 bits per heavy atom. The molecule has 3 nitrogen and oxygen atoms in total. The second-order valence-electron chi connectivity index (χ2n) is 2.71. The van der Waals surface area contributed by atoms with Crippen LogP contribution in [0.2, 0.25) is 0 Å². The van der Waals surface area contributed by atoms with Crippen molar-refractivity contribution in [3.05, 3.63) is 23.8 Å². The third-order valence-corrected chi connectivity index (χ3v) is 1.97. The normalized spacial score (nSPS) is 10.6. The second kappa shape index (κ2) is 2.88. The summed E-state index contributed by atoms with van der Waals surface area (Å²) in [4.78, 5) is 15.2. The molecule has 4 heteroatoms. The molecule has 66 valence electrons. The molecule has 0 N–H and O–H groups in total. The van der Waals surface area contributed by atoms with Crippen molar-refractivity contribution in [3.63, 3.8) is 0 Å². The molecule has 0 unspecified atom stereocenters. The van der Waals surface area contributed by atoms with Gasteiger partial charge in [-0.15, -0.1) is 0 Å². The number of para-hydroxylation sites is 1. The Hall–Kier alpha value is -1.29. The van der Waals surface area contributed by atoms with E-state index < -0.39 is 0 Å². The Morgan fingerprint density at radius 2 is 2.31 bits per heavy atom. The number of thiol groups is 1. The molecule has 0 aliphatic carbocycles. The molecule has 2 rings (SSSR count). The van der Waals surface area contributed by atoms with Crippen LogP contribution in [0.4, 0.5) is 0 Å². The summed E-state index contributed by atoms with van der Waals surface area (Å²) in [7, 11) is 0. The predicted octanol–water partition coefficient (Wildman–Crippen LogP) is 2.32. The summed E-state index contributed by atoms with van der Waals surface area (Å²) in [6.07, 6.45) is 0. The van der Waals surface area contributed by atoms with Crippen LogP contribution in [0.25, 0.3) is 11.1 Å². The number of benzene rings is 1. The maximum atomic E-state index is 11.2. The van der Waals surface area contributed by atoms with Crippen molar-refractivity contribution in [2.75, 3.05) is 0 Å². The number of ketones is 1. The molecule has 1 aromatic heterocycles. The Bertz CT molecular complexity index is 475. The first kappa shape index (κ1) is 8.31. The van der Waals surface area contributed by atoms with Crippen LogP contribution in [0.5, 0.6) is 0 Å². The molecule has 0 saturated carbocycles. The summed E-state index contributed by atoms with van der Waals surface area (Å²) in [6.45, 7) is 1.50. The standard InChI is InChI=1S/C9H7NO2S/c1-5(11)6-3-2-4-7-8(6)12-9(13)10-7/h2-4H,1H3,(H,10,13). The highest BCUT2D eigenvalue weighted by Gasteiger charge is 2.10. The van der Waals surface area contributed by atoms with Crippen LogP contribution in [0, 0.1) is 0 Å². The van der Waals surface area contributed by atoms with Crippen molar-refractivity contribution in [3.8, 4) is 0 Å². The quantitative estimate of drug-likeness (QED) is 0.558. The van der Waals surface area contributed by atoms with Gasteiger partial charge in [0.05, 0.1) is 5.56 Å². The molecular formula is C9H7NO2S. The van der Waals surface area contributed by atoms with E-state index in [0.29, 0.717) is 16.7 Å². The molecule has 0 spiro atoms. The molecule has 1 aromatic carbocycles. The molecule has 0 saturated heterocycles. The number of oxazole rings is 1. The van der Waals surface area contributed by atoms with Gasteiger partial charge in [-0.2, -0.15) is 0 Å². The highest BCUT2D eigenvalue weighted by molar-refractivity contribution is 7.80. The Balaban J connectivity index is 2.82. The van der Waals surface area contributed by atoms with Gasteiger partial charge in [-0.05, 0) is 19.1 Å². The third-order valence-electron chi connectivity index (χ3n) is 1.78. The molecule has 0 atom stereocenters. The first-order valence-electron chi connectivity index (χ1n) is 3.78. The molecule has 0 radical (unpaired) electrons. The topological polar surface area (TPSA) is 43.1 Å². The zero-order valence-electron chi connectivity index (χ0n) is 6.94. The Labute approximate surface area is 80.2 Å². The average Bonchev–Trinajstić information content (AvgIpc) is 2.43. The summed E-state index contributed by atoms with van der Waals surface area (Å²) in [5, 5.41) is 0.281. The fourth-order valence-corrected chi connectivity index (χ4v) is 1.41. The summed E-state index contributed by atoms with van der Waals surface area (Å²) in [5.74, 6) is -0.0323. The van der Waals surface area contributed by atoms with Crippen molar-refractivity contribution in [1.82, 2.24) is 4.98 Å². The molecule has 13 heavy (non-hydrogen) atoms. The summed E-state index contributed by atoms with van der Waals surface area (Å²) >= 11 is 3.97. The first-order chi connectivity index (χ1) is 6.18. The molecule has 0 bridgehead atoms. The minimum absolute atomic E-state index is 0.0323. The van der Waals surface area contributed by atoms with Crippen molar-refractivity contribution in [2.24, 2.45) is 0 Å². The number of fused-ring (bicyclic) bond motifs is 1. The van der Waals surface area contributed by atoms with Gasteiger partial charge < -0.3 is 4.42 Å². The van der Waals surface area contributed by atoms with E-state index in [0.717, 1.165) is 0 Å². The largest absolute Gasteiger partial charge is 0.431 e. The van der Waals surface area contributed by atoms with Crippen molar-refractivity contribution in [1.29, 1.82) is 0 Å². The Kier molecular flexibility index (Phi) is 1.84. The fraction of sp³-hybridized carbons (Fsp3) is 0.111. The SMILES string of the molecule is CC(=O)c1cccc2nc(S)oc12. The average molecular weight is 193 g/mol. The Morgan fingerprint density at radius 3 is 3.00 bits per heavy atom. The van der Waals surface area contributed by atoms with Crippen LogP contribution < -0.4 is 0 Å². The van der Waals surface area contributed by atoms with Gasteiger partial charge in [-0.3, -0.25) is 4.79 Å². The number of aromatic nitrogens is 1. The summed E-state index contributed by atoms with van der Waals surface area (Å²) < 4.78 is 5.19. The zero-order chi connectivity index (χ0) is 9.42. The van der Waals surface area contributed by atoms with E-state index in [-0.39, 0.29) is 11.0 Å². The van der Waals surface area contributed by atoms with E-state index in [2.05, 4.69) is 17.6 Å². The molecule has 0 aliphatic rings. The van der Waals surface area contributed by atoms with Crippen LogP contribution in [0.15, 0.2) is 27.8 Å². The number of Topliss-reactive ketones (excluding diaryl/α,β-unsaturated/α-hetero) is 1. The van der Waals surface area contributed by atoms with E-state index in [1.54, 1.807) is 18.2 Å². The zero-order valence-corrected chi connectivity index (χ0v) is 7.84. The lowest BCUT2D eigenvalue weighted by Crippen LogP contribution is -1.91. The van der Waals surface area contributed by atoms with Crippen molar-refractivity contribution >= 4 is 29.5 Å². The van der Waals surface area contributed by atoms with Gasteiger partial charge in [0.15, 0.2) is 11.4 Å². The van der Waals surface area contributed by atoms with E-state index in [4.69, 9.17) is 4.42 Å². The molecule has 2 aromatic rings. The monoisotopic (exact) mass is 193 g/mol. The van der Waals surface area contributed by atoms with Gasteiger partial charge in [0.1, 0.15) is 5.52 Å². The predicted molar refractivity (Wildman–Crippen MR) is 51.3 cm³/mol. The number of rotatable bonds is 1. The number of hydrogen-bond donors (Lipinski definition) is 1. The van der Waals surface area contributed by atoms with Crippen molar-refractivity contribution < 1.29 is 9.21 Å². The van der Waals surface area contributed by atoms with Crippen LogP contribution >= 0.6 is 12.6 Å². The fourth-order valence-electron chi connectivity index (χ4n) is 1.21. The summed E-state index contributed by atoms with van der Waals surface area (Å²) in [6, 6.07) is 5.27. The van der Waals surface area contributed by atoms with E-state index in [9.17, 15) is 4.79 Å². The minimum atomic E-state index is -0.0323. The van der Waals surface area contributed by atoms with Crippen LogP contribution in [-0.4, -0.2) is 10.8 Å². The van der Waals surface area contributed by atoms with E-state index in [1.165, 1.54) is 6.92 Å². The second-order valence-corrected chi connectivity index (χ2v) is 3.09. The van der Waals surface area contributed by atoms with Crippen LogP contribution in [0.3, 0.4) is 0 Å². The highest BCUT2D eigenvalue weighted by atomic mass is 32.1. The molecule has 0 aliphatic heterocycles. The van der Waals surface area contributed by atoms with Gasteiger partial charge >= 0.3 is 0 Å². The molecule has 0 fully saturated rings. The molecule has 1 heterocycles.